The predicted octanol–water partition coefficient (Wildman–Crippen LogP) is 5.13. The lowest BCUT2D eigenvalue weighted by Gasteiger charge is -1.99. The van der Waals surface area contributed by atoms with E-state index in [1.54, 1.807) is 48.1 Å². The van der Waals surface area contributed by atoms with Crippen LogP contribution < -0.4 is 5.63 Å². The highest BCUT2D eigenvalue weighted by Gasteiger charge is 2.13. The molecule has 130 valence electrons. The van der Waals surface area contributed by atoms with Gasteiger partial charge in [-0.3, -0.25) is 0 Å². The lowest BCUT2D eigenvalue weighted by atomic mass is 10.1. The summed E-state index contributed by atoms with van der Waals surface area (Å²) in [6.45, 7) is 0. The van der Waals surface area contributed by atoms with Gasteiger partial charge in [0.2, 0.25) is 0 Å². The summed E-state index contributed by atoms with van der Waals surface area (Å²) >= 11 is 1.30. The quantitative estimate of drug-likeness (QED) is 0.282. The third kappa shape index (κ3) is 3.50. The summed E-state index contributed by atoms with van der Waals surface area (Å²) in [4.78, 5) is 16.7. The largest absolute Gasteiger partial charge is 0.465 e. The highest BCUT2D eigenvalue weighted by atomic mass is 32.1. The average Bonchev–Trinajstić information content (AvgIpc) is 3.37. The van der Waals surface area contributed by atoms with Crippen molar-refractivity contribution in [1.29, 1.82) is 5.26 Å². The Hall–Kier alpha value is -3.69. The highest BCUT2D eigenvalue weighted by molar-refractivity contribution is 7.11. The Morgan fingerprint density at radius 3 is 2.93 bits per heavy atom. The fourth-order valence-corrected chi connectivity index (χ4v) is 3.34. The summed E-state index contributed by atoms with van der Waals surface area (Å²) < 4.78 is 10.6. The molecule has 0 bridgehead atoms. The van der Waals surface area contributed by atoms with Crippen molar-refractivity contribution in [2.24, 2.45) is 0 Å². The SMILES string of the molecule is N#CC(=CC=Cc1ccco1)c1nc(-c2cc3ccccc3oc2=O)cs1. The first-order valence-corrected chi connectivity index (χ1v) is 8.94. The fourth-order valence-electron chi connectivity index (χ4n) is 2.54. The number of fused-ring (bicyclic) bond motifs is 1. The molecular weight excluding hydrogens is 360 g/mol. The molecule has 3 aromatic heterocycles. The first-order valence-electron chi connectivity index (χ1n) is 8.06. The van der Waals surface area contributed by atoms with Gasteiger partial charge in [-0.25, -0.2) is 9.78 Å². The first kappa shape index (κ1) is 16.8. The van der Waals surface area contributed by atoms with Crippen LogP contribution in [0.4, 0.5) is 0 Å². The minimum absolute atomic E-state index is 0.375. The number of rotatable bonds is 4. The van der Waals surface area contributed by atoms with E-state index in [0.717, 1.165) is 5.39 Å². The van der Waals surface area contributed by atoms with E-state index < -0.39 is 5.63 Å². The van der Waals surface area contributed by atoms with E-state index in [1.807, 2.05) is 24.3 Å². The van der Waals surface area contributed by atoms with Gasteiger partial charge in [-0.1, -0.05) is 24.3 Å². The first-order chi connectivity index (χ1) is 13.2. The van der Waals surface area contributed by atoms with Crippen molar-refractivity contribution in [2.45, 2.75) is 0 Å². The summed E-state index contributed by atoms with van der Waals surface area (Å²) in [6, 6.07) is 14.8. The van der Waals surface area contributed by atoms with Crippen LogP contribution in [0.15, 0.2) is 79.9 Å². The molecule has 0 atom stereocenters. The Labute approximate surface area is 158 Å². The van der Waals surface area contributed by atoms with Crippen molar-refractivity contribution in [3.05, 3.63) is 87.4 Å². The van der Waals surface area contributed by atoms with E-state index in [4.69, 9.17) is 8.83 Å². The number of para-hydroxylation sites is 1. The normalized spacial score (nSPS) is 11.9. The predicted molar refractivity (Wildman–Crippen MR) is 105 cm³/mol. The second-order valence-electron chi connectivity index (χ2n) is 5.59. The molecule has 1 aromatic carbocycles. The van der Waals surface area contributed by atoms with Crippen molar-refractivity contribution in [2.75, 3.05) is 0 Å². The van der Waals surface area contributed by atoms with Gasteiger partial charge >= 0.3 is 5.63 Å². The van der Waals surface area contributed by atoms with Gasteiger partial charge in [0.15, 0.2) is 0 Å². The molecule has 0 N–H and O–H groups in total. The molecule has 0 aliphatic rings. The molecule has 5 nitrogen and oxygen atoms in total. The van der Waals surface area contributed by atoms with Crippen molar-refractivity contribution >= 4 is 34.0 Å². The minimum Gasteiger partial charge on any atom is -0.465 e. The third-order valence-corrected chi connectivity index (χ3v) is 4.71. The van der Waals surface area contributed by atoms with E-state index in [2.05, 4.69) is 11.1 Å². The van der Waals surface area contributed by atoms with Crippen LogP contribution in [0, 0.1) is 11.3 Å². The van der Waals surface area contributed by atoms with E-state index in [9.17, 15) is 10.1 Å². The van der Waals surface area contributed by atoms with Gasteiger partial charge in [0.1, 0.15) is 22.4 Å². The molecule has 4 aromatic rings. The maximum Gasteiger partial charge on any atom is 0.345 e. The molecule has 3 heterocycles. The summed E-state index contributed by atoms with van der Waals surface area (Å²) in [5.41, 5.74) is 1.35. The monoisotopic (exact) mass is 372 g/mol. The van der Waals surface area contributed by atoms with Gasteiger partial charge in [0, 0.05) is 10.8 Å². The van der Waals surface area contributed by atoms with E-state index in [-0.39, 0.29) is 0 Å². The zero-order valence-electron chi connectivity index (χ0n) is 14.0. The number of allylic oxidation sites excluding steroid dienone is 3. The molecule has 0 saturated carbocycles. The maximum atomic E-state index is 12.3. The summed E-state index contributed by atoms with van der Waals surface area (Å²) in [5, 5.41) is 12.5. The second kappa shape index (κ2) is 7.28. The number of hydrogen-bond donors (Lipinski definition) is 0. The van der Waals surface area contributed by atoms with E-state index >= 15 is 0 Å². The van der Waals surface area contributed by atoms with Gasteiger partial charge in [-0.15, -0.1) is 11.3 Å². The molecule has 0 spiro atoms. The average molecular weight is 372 g/mol. The number of benzene rings is 1. The van der Waals surface area contributed by atoms with E-state index in [1.165, 1.54) is 11.3 Å². The molecule has 4 rings (SSSR count). The third-order valence-electron chi connectivity index (χ3n) is 3.84. The number of furan rings is 1. The van der Waals surface area contributed by atoms with Crippen molar-refractivity contribution in [3.8, 4) is 17.3 Å². The van der Waals surface area contributed by atoms with Crippen LogP contribution >= 0.6 is 11.3 Å². The van der Waals surface area contributed by atoms with Crippen molar-refractivity contribution in [1.82, 2.24) is 4.98 Å². The smallest absolute Gasteiger partial charge is 0.345 e. The second-order valence-corrected chi connectivity index (χ2v) is 6.45. The van der Waals surface area contributed by atoms with Crippen LogP contribution in [0.3, 0.4) is 0 Å². The zero-order chi connectivity index (χ0) is 18.6. The maximum absolute atomic E-state index is 12.3. The van der Waals surface area contributed by atoms with Crippen LogP contribution in [-0.4, -0.2) is 4.98 Å². The van der Waals surface area contributed by atoms with Gasteiger partial charge in [-0.2, -0.15) is 5.26 Å². The Balaban J connectivity index is 1.67. The van der Waals surface area contributed by atoms with Gasteiger partial charge in [0.05, 0.1) is 23.1 Å². The minimum atomic E-state index is -0.453. The Morgan fingerprint density at radius 1 is 1.22 bits per heavy atom. The van der Waals surface area contributed by atoms with Gasteiger partial charge < -0.3 is 8.83 Å². The number of nitrogens with zero attached hydrogens (tertiary/aromatic N) is 2. The van der Waals surface area contributed by atoms with Crippen LogP contribution in [0.2, 0.25) is 0 Å². The van der Waals surface area contributed by atoms with Gasteiger partial charge in [0.25, 0.3) is 0 Å². The molecule has 0 aliphatic carbocycles. The molecule has 0 unspecified atom stereocenters. The van der Waals surface area contributed by atoms with Gasteiger partial charge in [-0.05, 0) is 36.4 Å². The van der Waals surface area contributed by atoms with Crippen molar-refractivity contribution < 1.29 is 8.83 Å². The molecular formula is C21H12N2O3S. The lowest BCUT2D eigenvalue weighted by Crippen LogP contribution is -2.02. The Kier molecular flexibility index (Phi) is 4.52. The molecule has 6 heteroatoms. The Morgan fingerprint density at radius 2 is 2.11 bits per heavy atom. The molecule has 0 fully saturated rings. The number of thiazole rings is 1. The fraction of sp³-hybridized carbons (Fsp3) is 0. The summed E-state index contributed by atoms with van der Waals surface area (Å²) in [5.74, 6) is 0.692. The standard InChI is InChI=1S/C21H12N2O3S/c22-12-15(6-3-7-16-8-4-10-25-16)20-23-18(13-27-20)17-11-14-5-1-2-9-19(14)26-21(17)24/h1-11,13H. The molecule has 0 saturated heterocycles. The number of nitriles is 1. The number of aromatic nitrogens is 1. The van der Waals surface area contributed by atoms with Crippen LogP contribution in [-0.2, 0) is 0 Å². The summed E-state index contributed by atoms with van der Waals surface area (Å²) in [7, 11) is 0. The molecule has 27 heavy (non-hydrogen) atoms. The molecule has 0 aliphatic heterocycles. The van der Waals surface area contributed by atoms with Crippen LogP contribution in [0.1, 0.15) is 10.8 Å². The van der Waals surface area contributed by atoms with Crippen molar-refractivity contribution in [3.63, 3.8) is 0 Å². The van der Waals surface area contributed by atoms with E-state index in [0.29, 0.717) is 33.2 Å². The topological polar surface area (TPSA) is 80.0 Å². The van der Waals surface area contributed by atoms with Crippen LogP contribution in [0.5, 0.6) is 0 Å². The summed E-state index contributed by atoms with van der Waals surface area (Å²) in [6.07, 6.45) is 6.72. The zero-order valence-corrected chi connectivity index (χ0v) is 14.8. The molecule has 0 amide bonds. The Bertz CT molecular complexity index is 1250. The number of hydrogen-bond acceptors (Lipinski definition) is 6. The highest BCUT2D eigenvalue weighted by Crippen LogP contribution is 2.26. The lowest BCUT2D eigenvalue weighted by molar-refractivity contribution is 0.557. The molecule has 0 radical (unpaired) electrons. The van der Waals surface area contributed by atoms with Crippen LogP contribution in [0.25, 0.3) is 33.9 Å².